The number of nitrogens with zero attached hydrogens (tertiary/aromatic N) is 3. The number of rotatable bonds is 5. The van der Waals surface area contributed by atoms with E-state index >= 15 is 0 Å². The number of carbonyl (C=O) groups excluding carboxylic acids is 2. The Morgan fingerprint density at radius 3 is 2.73 bits per heavy atom. The zero-order chi connectivity index (χ0) is 26.2. The van der Waals surface area contributed by atoms with E-state index in [1.165, 1.54) is 16.0 Å². The Bertz CT molecular complexity index is 1310. The van der Waals surface area contributed by atoms with E-state index in [1.807, 2.05) is 39.0 Å². The first-order valence-corrected chi connectivity index (χ1v) is 13.6. The minimum absolute atomic E-state index is 0.261. The summed E-state index contributed by atoms with van der Waals surface area (Å²) >= 11 is 7.65. The van der Waals surface area contributed by atoms with E-state index in [1.54, 1.807) is 23.1 Å². The van der Waals surface area contributed by atoms with Gasteiger partial charge >= 0.3 is 6.09 Å². The Morgan fingerprint density at radius 2 is 1.97 bits per heavy atom. The number of aryl methyl sites for hydroxylation is 2. The Labute approximate surface area is 225 Å². The molecule has 196 valence electrons. The standard InChI is InChI=1S/C27H30ClN3O5S/c1-27(2,3)36-26(33)30-13-5-7-21(30)20-16-17(9-10-18-11-12-23(28)37-18)31(29-20)25(32)19-6-4-8-22-24(19)35-15-14-34-22/h4,6,8,11-12,16,21H,5,7,9-10,13-15H2,1-3H3. The van der Waals surface area contributed by atoms with Gasteiger partial charge in [0.2, 0.25) is 0 Å². The molecule has 2 aliphatic rings. The molecule has 1 unspecified atom stereocenters. The monoisotopic (exact) mass is 543 g/mol. The van der Waals surface area contributed by atoms with Crippen LogP contribution in [0.2, 0.25) is 4.34 Å². The van der Waals surface area contributed by atoms with E-state index in [0.29, 0.717) is 55.4 Å². The minimum Gasteiger partial charge on any atom is -0.486 e. The van der Waals surface area contributed by atoms with Crippen LogP contribution in [0.25, 0.3) is 0 Å². The van der Waals surface area contributed by atoms with Gasteiger partial charge in [0.05, 0.1) is 21.6 Å². The zero-order valence-corrected chi connectivity index (χ0v) is 22.7. The van der Waals surface area contributed by atoms with Gasteiger partial charge in [-0.05, 0) is 76.8 Å². The molecule has 2 aliphatic heterocycles. The van der Waals surface area contributed by atoms with Crippen molar-refractivity contribution in [3.63, 3.8) is 0 Å². The topological polar surface area (TPSA) is 82.9 Å². The summed E-state index contributed by atoms with van der Waals surface area (Å²) in [7, 11) is 0. The average Bonchev–Trinajstić information content (AvgIpc) is 3.60. The van der Waals surface area contributed by atoms with Gasteiger partial charge in [-0.3, -0.25) is 9.69 Å². The van der Waals surface area contributed by atoms with Crippen LogP contribution >= 0.6 is 22.9 Å². The first-order chi connectivity index (χ1) is 17.7. The summed E-state index contributed by atoms with van der Waals surface area (Å²) in [6.07, 6.45) is 2.52. The first-order valence-electron chi connectivity index (χ1n) is 12.5. The summed E-state index contributed by atoms with van der Waals surface area (Å²) in [5.74, 6) is 0.684. The molecule has 10 heteroatoms. The second kappa shape index (κ2) is 10.4. The fourth-order valence-electron chi connectivity index (χ4n) is 4.66. The number of hydrogen-bond acceptors (Lipinski definition) is 7. The lowest BCUT2D eigenvalue weighted by atomic mass is 10.1. The van der Waals surface area contributed by atoms with Crippen molar-refractivity contribution in [3.05, 3.63) is 62.6 Å². The number of likely N-dealkylation sites (tertiary alicyclic amines) is 1. The van der Waals surface area contributed by atoms with E-state index in [2.05, 4.69) is 0 Å². The molecule has 37 heavy (non-hydrogen) atoms. The molecule has 5 rings (SSSR count). The predicted octanol–water partition coefficient (Wildman–Crippen LogP) is 5.91. The number of halogens is 1. The van der Waals surface area contributed by atoms with E-state index in [4.69, 9.17) is 30.9 Å². The molecular weight excluding hydrogens is 514 g/mol. The van der Waals surface area contributed by atoms with E-state index in [0.717, 1.165) is 27.7 Å². The summed E-state index contributed by atoms with van der Waals surface area (Å²) in [5, 5.41) is 4.76. The van der Waals surface area contributed by atoms with Gasteiger partial charge in [-0.15, -0.1) is 11.3 Å². The second-order valence-electron chi connectivity index (χ2n) is 10.1. The SMILES string of the molecule is CC(C)(C)OC(=O)N1CCCC1c1cc(CCc2ccc(Cl)s2)n(C(=O)c2cccc3c2OCCO3)n1. The van der Waals surface area contributed by atoms with Crippen LogP contribution in [0.4, 0.5) is 4.79 Å². The molecule has 0 radical (unpaired) electrons. The Balaban J connectivity index is 1.48. The van der Waals surface area contributed by atoms with Crippen molar-refractivity contribution in [1.82, 2.24) is 14.7 Å². The number of carbonyl (C=O) groups is 2. The quantitative estimate of drug-likeness (QED) is 0.397. The van der Waals surface area contributed by atoms with Gasteiger partial charge in [0.25, 0.3) is 5.91 Å². The maximum absolute atomic E-state index is 13.8. The molecule has 0 aliphatic carbocycles. The van der Waals surface area contributed by atoms with Crippen molar-refractivity contribution in [2.24, 2.45) is 0 Å². The van der Waals surface area contributed by atoms with Gasteiger partial charge in [0.15, 0.2) is 11.5 Å². The molecule has 1 amide bonds. The normalized spacial score (nSPS) is 17.2. The van der Waals surface area contributed by atoms with Crippen LogP contribution in [0, 0.1) is 0 Å². The molecular formula is C27H30ClN3O5S. The van der Waals surface area contributed by atoms with Crippen LogP contribution in [0.3, 0.4) is 0 Å². The Morgan fingerprint density at radius 1 is 1.16 bits per heavy atom. The summed E-state index contributed by atoms with van der Waals surface area (Å²) < 4.78 is 19.3. The predicted molar refractivity (Wildman–Crippen MR) is 141 cm³/mol. The highest BCUT2D eigenvalue weighted by Crippen LogP contribution is 2.36. The van der Waals surface area contributed by atoms with Crippen molar-refractivity contribution in [2.45, 2.75) is 58.1 Å². The number of thiophene rings is 1. The third-order valence-corrected chi connectivity index (χ3v) is 7.56. The summed E-state index contributed by atoms with van der Waals surface area (Å²) in [6.45, 7) is 6.95. The summed E-state index contributed by atoms with van der Waals surface area (Å²) in [5.41, 5.74) is 1.23. The van der Waals surface area contributed by atoms with Crippen LogP contribution in [0.5, 0.6) is 11.5 Å². The molecule has 8 nitrogen and oxygen atoms in total. The molecule has 0 N–H and O–H groups in total. The number of aromatic nitrogens is 2. The van der Waals surface area contributed by atoms with Crippen LogP contribution in [0.15, 0.2) is 36.4 Å². The highest BCUT2D eigenvalue weighted by atomic mass is 35.5. The van der Waals surface area contributed by atoms with Crippen molar-refractivity contribution < 1.29 is 23.8 Å². The van der Waals surface area contributed by atoms with Gasteiger partial charge in [-0.1, -0.05) is 17.7 Å². The third-order valence-electron chi connectivity index (χ3n) is 6.27. The molecule has 1 saturated heterocycles. The number of benzene rings is 1. The third kappa shape index (κ3) is 5.62. The number of fused-ring (bicyclic) bond motifs is 1. The minimum atomic E-state index is -0.596. The maximum atomic E-state index is 13.8. The van der Waals surface area contributed by atoms with E-state index in [-0.39, 0.29) is 18.0 Å². The molecule has 0 bridgehead atoms. The number of para-hydroxylation sites is 1. The first kappa shape index (κ1) is 25.6. The molecule has 0 saturated carbocycles. The van der Waals surface area contributed by atoms with Gasteiger partial charge in [-0.2, -0.15) is 5.10 Å². The van der Waals surface area contributed by atoms with Gasteiger partial charge < -0.3 is 14.2 Å². The molecule has 1 aromatic carbocycles. The van der Waals surface area contributed by atoms with Crippen LogP contribution in [-0.4, -0.2) is 52.0 Å². The van der Waals surface area contributed by atoms with Crippen LogP contribution < -0.4 is 9.47 Å². The molecule has 4 heterocycles. The lowest BCUT2D eigenvalue weighted by Gasteiger charge is -2.27. The highest BCUT2D eigenvalue weighted by Gasteiger charge is 2.36. The van der Waals surface area contributed by atoms with Gasteiger partial charge in [0.1, 0.15) is 18.8 Å². The Hall–Kier alpha value is -3.04. The fourth-order valence-corrected chi connectivity index (χ4v) is 5.75. The highest BCUT2D eigenvalue weighted by molar-refractivity contribution is 7.16. The van der Waals surface area contributed by atoms with Crippen LogP contribution in [-0.2, 0) is 17.6 Å². The summed E-state index contributed by atoms with van der Waals surface area (Å²) in [6, 6.07) is 10.8. The lowest BCUT2D eigenvalue weighted by Crippen LogP contribution is -2.36. The molecule has 1 fully saturated rings. The second-order valence-corrected chi connectivity index (χ2v) is 11.9. The molecule has 3 aromatic rings. The van der Waals surface area contributed by atoms with E-state index < -0.39 is 5.60 Å². The van der Waals surface area contributed by atoms with Gasteiger partial charge in [0, 0.05) is 17.1 Å². The fraction of sp³-hybridized carbons (Fsp3) is 0.444. The zero-order valence-electron chi connectivity index (χ0n) is 21.2. The summed E-state index contributed by atoms with van der Waals surface area (Å²) in [4.78, 5) is 29.6. The van der Waals surface area contributed by atoms with Crippen molar-refractivity contribution in [1.29, 1.82) is 0 Å². The van der Waals surface area contributed by atoms with Crippen molar-refractivity contribution in [2.75, 3.05) is 19.8 Å². The van der Waals surface area contributed by atoms with Crippen molar-refractivity contribution in [3.8, 4) is 11.5 Å². The molecule has 1 atom stereocenters. The number of amides is 1. The maximum Gasteiger partial charge on any atom is 0.410 e. The molecule has 0 spiro atoms. The molecule has 2 aromatic heterocycles. The van der Waals surface area contributed by atoms with E-state index in [9.17, 15) is 9.59 Å². The lowest BCUT2D eigenvalue weighted by molar-refractivity contribution is 0.0221. The van der Waals surface area contributed by atoms with Crippen LogP contribution in [0.1, 0.15) is 66.3 Å². The largest absolute Gasteiger partial charge is 0.486 e. The van der Waals surface area contributed by atoms with Crippen molar-refractivity contribution >= 4 is 34.9 Å². The Kier molecular flexibility index (Phi) is 7.18. The van der Waals surface area contributed by atoms with Gasteiger partial charge in [-0.25, -0.2) is 9.48 Å². The smallest absolute Gasteiger partial charge is 0.410 e. The number of ether oxygens (including phenoxy) is 3. The average molecular weight is 544 g/mol. The number of hydrogen-bond donors (Lipinski definition) is 0.